The highest BCUT2D eigenvalue weighted by atomic mass is 32.1. The van der Waals surface area contributed by atoms with Crippen molar-refractivity contribution in [3.63, 3.8) is 0 Å². The van der Waals surface area contributed by atoms with Crippen LogP contribution in [-0.2, 0) is 0 Å². The fraction of sp³-hybridized carbons (Fsp3) is 0.409. The lowest BCUT2D eigenvalue weighted by Crippen LogP contribution is -2.50. The highest BCUT2D eigenvalue weighted by Crippen LogP contribution is 2.23. The third kappa shape index (κ3) is 4.36. The fourth-order valence-electron chi connectivity index (χ4n) is 3.36. The van der Waals surface area contributed by atoms with Crippen molar-refractivity contribution in [1.82, 2.24) is 4.90 Å². The van der Waals surface area contributed by atoms with Crippen molar-refractivity contribution >= 4 is 28.7 Å². The molecule has 1 aliphatic rings. The van der Waals surface area contributed by atoms with Crippen molar-refractivity contribution in [2.75, 3.05) is 36.4 Å². The number of rotatable bonds is 3. The summed E-state index contributed by atoms with van der Waals surface area (Å²) in [7, 11) is 0. The minimum atomic E-state index is 0.550. The fourth-order valence-corrected chi connectivity index (χ4v) is 3.66. The lowest BCUT2D eigenvalue weighted by Gasteiger charge is -2.38. The van der Waals surface area contributed by atoms with Crippen LogP contribution in [0, 0.1) is 13.8 Å². The third-order valence-electron chi connectivity index (χ3n) is 5.10. The van der Waals surface area contributed by atoms with Gasteiger partial charge in [0.1, 0.15) is 0 Å². The Balaban J connectivity index is 1.57. The predicted molar refractivity (Wildman–Crippen MR) is 116 cm³/mol. The summed E-state index contributed by atoms with van der Waals surface area (Å²) in [6.45, 7) is 12.7. The molecule has 1 fully saturated rings. The van der Waals surface area contributed by atoms with E-state index < -0.39 is 0 Å². The number of hydrogen-bond donors (Lipinski definition) is 1. The van der Waals surface area contributed by atoms with Crippen LogP contribution in [0.2, 0.25) is 0 Å². The second-order valence-corrected chi connectivity index (χ2v) is 7.86. The van der Waals surface area contributed by atoms with Gasteiger partial charge in [-0.3, -0.25) is 0 Å². The molecule has 1 aliphatic heterocycles. The van der Waals surface area contributed by atoms with Crippen molar-refractivity contribution in [2.24, 2.45) is 0 Å². The Bertz CT molecular complexity index is 759. The van der Waals surface area contributed by atoms with Crippen molar-refractivity contribution in [3.05, 3.63) is 59.2 Å². The van der Waals surface area contributed by atoms with E-state index in [1.165, 1.54) is 22.4 Å². The molecule has 1 heterocycles. The van der Waals surface area contributed by atoms with E-state index in [-0.39, 0.29) is 0 Å². The Hall–Kier alpha value is -2.07. The van der Waals surface area contributed by atoms with Crippen LogP contribution < -0.4 is 10.2 Å². The van der Waals surface area contributed by atoms with Gasteiger partial charge in [0.05, 0.1) is 0 Å². The summed E-state index contributed by atoms with van der Waals surface area (Å²) in [5.41, 5.74) is 6.43. The molecule has 0 atom stereocenters. The van der Waals surface area contributed by atoms with E-state index in [0.717, 1.165) is 37.0 Å². The Morgan fingerprint density at radius 2 is 1.62 bits per heavy atom. The van der Waals surface area contributed by atoms with Crippen LogP contribution in [-0.4, -0.2) is 36.2 Å². The molecule has 3 nitrogen and oxygen atoms in total. The molecule has 1 N–H and O–H groups in total. The van der Waals surface area contributed by atoms with Crippen molar-refractivity contribution < 1.29 is 0 Å². The van der Waals surface area contributed by atoms with E-state index in [0.29, 0.717) is 5.92 Å². The highest BCUT2D eigenvalue weighted by Gasteiger charge is 2.20. The van der Waals surface area contributed by atoms with E-state index in [9.17, 15) is 0 Å². The topological polar surface area (TPSA) is 18.5 Å². The first-order valence-electron chi connectivity index (χ1n) is 9.42. The zero-order valence-corrected chi connectivity index (χ0v) is 17.1. The molecule has 4 heteroatoms. The van der Waals surface area contributed by atoms with Gasteiger partial charge in [-0.1, -0.05) is 38.1 Å². The quantitative estimate of drug-likeness (QED) is 0.774. The van der Waals surface area contributed by atoms with E-state index in [4.69, 9.17) is 12.2 Å². The van der Waals surface area contributed by atoms with Crippen LogP contribution in [0.1, 0.15) is 36.5 Å². The van der Waals surface area contributed by atoms with E-state index >= 15 is 0 Å². The lowest BCUT2D eigenvalue weighted by molar-refractivity contribution is 0.390. The summed E-state index contributed by atoms with van der Waals surface area (Å²) in [5.74, 6) is 0.550. The van der Waals surface area contributed by atoms with E-state index in [1.807, 2.05) is 0 Å². The van der Waals surface area contributed by atoms with Gasteiger partial charge in [-0.25, -0.2) is 0 Å². The SMILES string of the molecule is Cc1ccc(C)c(N2CCN(C(=S)Nc3ccc(C(C)C)cc3)CC2)c1. The molecule has 26 heavy (non-hydrogen) atoms. The average Bonchev–Trinajstić information content (AvgIpc) is 2.64. The van der Waals surface area contributed by atoms with Crippen LogP contribution in [0.25, 0.3) is 0 Å². The number of hydrogen-bond acceptors (Lipinski definition) is 2. The van der Waals surface area contributed by atoms with Gasteiger partial charge in [0.15, 0.2) is 5.11 Å². The molecule has 138 valence electrons. The van der Waals surface area contributed by atoms with Crippen LogP contribution in [0.5, 0.6) is 0 Å². The number of aryl methyl sites for hydroxylation is 2. The van der Waals surface area contributed by atoms with Crippen molar-refractivity contribution in [2.45, 2.75) is 33.6 Å². The number of nitrogens with zero attached hydrogens (tertiary/aromatic N) is 2. The molecular weight excluding hydrogens is 338 g/mol. The molecule has 0 saturated carbocycles. The summed E-state index contributed by atoms with van der Waals surface area (Å²) in [4.78, 5) is 4.74. The number of nitrogens with one attached hydrogen (secondary N) is 1. The highest BCUT2D eigenvalue weighted by molar-refractivity contribution is 7.80. The van der Waals surface area contributed by atoms with Crippen LogP contribution in [0.4, 0.5) is 11.4 Å². The Labute approximate surface area is 163 Å². The summed E-state index contributed by atoms with van der Waals surface area (Å²) >= 11 is 5.64. The normalized spacial score (nSPS) is 14.7. The van der Waals surface area contributed by atoms with E-state index in [1.54, 1.807) is 0 Å². The first-order chi connectivity index (χ1) is 12.4. The minimum absolute atomic E-state index is 0.550. The zero-order chi connectivity index (χ0) is 18.7. The first-order valence-corrected chi connectivity index (χ1v) is 9.83. The Kier molecular flexibility index (Phi) is 5.82. The smallest absolute Gasteiger partial charge is 0.173 e. The zero-order valence-electron chi connectivity index (χ0n) is 16.2. The summed E-state index contributed by atoms with van der Waals surface area (Å²) < 4.78 is 0. The summed E-state index contributed by atoms with van der Waals surface area (Å²) in [6.07, 6.45) is 0. The van der Waals surface area contributed by atoms with Crippen LogP contribution in [0.15, 0.2) is 42.5 Å². The van der Waals surface area contributed by atoms with Gasteiger partial charge in [0, 0.05) is 37.6 Å². The number of benzene rings is 2. The summed E-state index contributed by atoms with van der Waals surface area (Å²) in [6, 6.07) is 15.3. The molecule has 0 aliphatic carbocycles. The number of thiocarbonyl (C=S) groups is 1. The molecule has 1 saturated heterocycles. The van der Waals surface area contributed by atoms with Gasteiger partial charge < -0.3 is 15.1 Å². The third-order valence-corrected chi connectivity index (χ3v) is 5.46. The van der Waals surface area contributed by atoms with E-state index in [2.05, 4.69) is 85.3 Å². The second-order valence-electron chi connectivity index (χ2n) is 7.47. The van der Waals surface area contributed by atoms with Crippen LogP contribution >= 0.6 is 12.2 Å². The van der Waals surface area contributed by atoms with Gasteiger partial charge in [-0.2, -0.15) is 0 Å². The Morgan fingerprint density at radius 3 is 2.23 bits per heavy atom. The molecule has 0 amide bonds. The Morgan fingerprint density at radius 1 is 0.962 bits per heavy atom. The molecule has 0 aromatic heterocycles. The molecule has 3 rings (SSSR count). The van der Waals surface area contributed by atoms with Gasteiger partial charge in [-0.05, 0) is 66.9 Å². The van der Waals surface area contributed by atoms with Gasteiger partial charge >= 0.3 is 0 Å². The first kappa shape index (κ1) is 18.7. The lowest BCUT2D eigenvalue weighted by atomic mass is 10.0. The van der Waals surface area contributed by atoms with Gasteiger partial charge in [-0.15, -0.1) is 0 Å². The average molecular weight is 368 g/mol. The molecule has 0 unspecified atom stereocenters. The minimum Gasteiger partial charge on any atom is -0.368 e. The van der Waals surface area contributed by atoms with Crippen LogP contribution in [0.3, 0.4) is 0 Å². The molecule has 2 aromatic carbocycles. The maximum absolute atomic E-state index is 5.64. The molecule has 0 radical (unpaired) electrons. The van der Waals surface area contributed by atoms with Crippen molar-refractivity contribution in [1.29, 1.82) is 0 Å². The predicted octanol–water partition coefficient (Wildman–Crippen LogP) is 4.95. The largest absolute Gasteiger partial charge is 0.368 e. The number of anilines is 2. The maximum Gasteiger partial charge on any atom is 0.173 e. The van der Waals surface area contributed by atoms with Gasteiger partial charge in [0.25, 0.3) is 0 Å². The summed E-state index contributed by atoms with van der Waals surface area (Å²) in [5, 5.41) is 4.21. The van der Waals surface area contributed by atoms with Gasteiger partial charge in [0.2, 0.25) is 0 Å². The number of piperazine rings is 1. The molecule has 2 aromatic rings. The molecule has 0 spiro atoms. The monoisotopic (exact) mass is 367 g/mol. The van der Waals surface area contributed by atoms with Crippen molar-refractivity contribution in [3.8, 4) is 0 Å². The molecule has 0 bridgehead atoms. The molecular formula is C22H29N3S. The maximum atomic E-state index is 5.64. The second kappa shape index (κ2) is 8.09. The standard InChI is InChI=1S/C22H29N3S/c1-16(2)19-7-9-20(10-8-19)23-22(26)25-13-11-24(12-14-25)21-15-17(3)5-6-18(21)4/h5-10,15-16H,11-14H2,1-4H3,(H,23,26).